The van der Waals surface area contributed by atoms with Gasteiger partial charge in [0, 0.05) is 25.7 Å². The van der Waals surface area contributed by atoms with Crippen molar-refractivity contribution in [3.05, 3.63) is 35.9 Å². The summed E-state index contributed by atoms with van der Waals surface area (Å²) < 4.78 is 5.67. The van der Waals surface area contributed by atoms with Crippen LogP contribution >= 0.6 is 0 Å². The first kappa shape index (κ1) is 17.9. The van der Waals surface area contributed by atoms with Gasteiger partial charge in [-0.05, 0) is 32.3 Å². The number of hydrogen-bond donors (Lipinski definition) is 2. The van der Waals surface area contributed by atoms with Gasteiger partial charge in [-0.2, -0.15) is 0 Å². The van der Waals surface area contributed by atoms with Gasteiger partial charge in [0.25, 0.3) is 0 Å². The molecule has 1 aromatic rings. The third kappa shape index (κ3) is 5.61. The van der Waals surface area contributed by atoms with Crippen LogP contribution in [0.2, 0.25) is 0 Å². The van der Waals surface area contributed by atoms with E-state index in [0.29, 0.717) is 26.1 Å². The Kier molecular flexibility index (Phi) is 7.02. The summed E-state index contributed by atoms with van der Waals surface area (Å²) in [6, 6.07) is 10.2. The van der Waals surface area contributed by atoms with Gasteiger partial charge in [-0.1, -0.05) is 30.3 Å². The normalized spacial score (nSPS) is 22.8. The molecule has 1 amide bonds. The first-order valence-electron chi connectivity index (χ1n) is 8.42. The predicted octanol–water partition coefficient (Wildman–Crippen LogP) is 1.73. The van der Waals surface area contributed by atoms with Crippen molar-refractivity contribution in [3.8, 4) is 0 Å². The van der Waals surface area contributed by atoms with Gasteiger partial charge < -0.3 is 20.1 Å². The lowest BCUT2D eigenvalue weighted by Gasteiger charge is -2.35. The van der Waals surface area contributed by atoms with Gasteiger partial charge in [0.05, 0.1) is 18.8 Å². The molecule has 128 valence electrons. The highest BCUT2D eigenvalue weighted by Gasteiger charge is 2.26. The molecule has 23 heavy (non-hydrogen) atoms. The number of nitrogens with one attached hydrogen (secondary N) is 1. The molecule has 1 aromatic carbocycles. The van der Waals surface area contributed by atoms with Crippen molar-refractivity contribution in [2.24, 2.45) is 0 Å². The van der Waals surface area contributed by atoms with E-state index in [4.69, 9.17) is 9.84 Å². The van der Waals surface area contributed by atoms with Gasteiger partial charge in [-0.25, -0.2) is 0 Å². The van der Waals surface area contributed by atoms with Gasteiger partial charge in [0.1, 0.15) is 0 Å². The molecule has 2 rings (SSSR count). The fraction of sp³-hybridized carbons (Fsp3) is 0.611. The summed E-state index contributed by atoms with van der Waals surface area (Å²) in [5.74, 6) is 0.108. The second-order valence-corrected chi connectivity index (χ2v) is 6.27. The number of carbonyl (C=O) groups excluding carboxylic acids is 1. The number of carbonyl (C=O) groups is 1. The summed E-state index contributed by atoms with van der Waals surface area (Å²) in [4.78, 5) is 14.3. The van der Waals surface area contributed by atoms with E-state index in [9.17, 15) is 4.79 Å². The van der Waals surface area contributed by atoms with Crippen LogP contribution in [0.5, 0.6) is 0 Å². The molecular formula is C18H28N2O3. The highest BCUT2D eigenvalue weighted by Crippen LogP contribution is 2.18. The molecule has 0 saturated carbocycles. The minimum atomic E-state index is 0.0852. The minimum Gasteiger partial charge on any atom is -0.396 e. The van der Waals surface area contributed by atoms with Crippen LogP contribution < -0.4 is 5.32 Å². The number of ether oxygens (including phenoxy) is 1. The molecule has 1 fully saturated rings. The lowest BCUT2D eigenvalue weighted by Crippen LogP contribution is -2.50. The molecular weight excluding hydrogens is 292 g/mol. The molecule has 0 aromatic heterocycles. The van der Waals surface area contributed by atoms with Gasteiger partial charge in [-0.3, -0.25) is 4.79 Å². The Bertz CT molecular complexity index is 470. The fourth-order valence-electron chi connectivity index (χ4n) is 3.07. The first-order valence-corrected chi connectivity index (χ1v) is 8.42. The highest BCUT2D eigenvalue weighted by atomic mass is 16.5. The predicted molar refractivity (Wildman–Crippen MR) is 90.1 cm³/mol. The number of rotatable bonds is 7. The second-order valence-electron chi connectivity index (χ2n) is 6.27. The van der Waals surface area contributed by atoms with Crippen molar-refractivity contribution in [1.29, 1.82) is 0 Å². The lowest BCUT2D eigenvalue weighted by atomic mass is 10.0. The standard InChI is InChI=1S/C18H28N2O3/c1-14-12-20(13-15(2)23-14)18(22)11-19-17(9-6-10-21)16-7-4-3-5-8-16/h3-5,7-8,14-15,17,19,21H,6,9-13H2,1-2H3. The quantitative estimate of drug-likeness (QED) is 0.803. The van der Waals surface area contributed by atoms with Gasteiger partial charge in [0.2, 0.25) is 5.91 Å². The summed E-state index contributed by atoms with van der Waals surface area (Å²) in [5.41, 5.74) is 1.15. The number of amides is 1. The number of benzene rings is 1. The summed E-state index contributed by atoms with van der Waals surface area (Å²) in [6.45, 7) is 5.77. The molecule has 3 unspecified atom stereocenters. The molecule has 5 heteroatoms. The van der Waals surface area contributed by atoms with Crippen LogP contribution in [-0.2, 0) is 9.53 Å². The Hall–Kier alpha value is -1.43. The molecule has 1 heterocycles. The van der Waals surface area contributed by atoms with Crippen LogP contribution in [0.15, 0.2) is 30.3 Å². The van der Waals surface area contributed by atoms with Crippen LogP contribution in [0.25, 0.3) is 0 Å². The van der Waals surface area contributed by atoms with E-state index in [1.165, 1.54) is 0 Å². The minimum absolute atomic E-state index is 0.0852. The van der Waals surface area contributed by atoms with Crippen molar-refractivity contribution < 1.29 is 14.6 Å². The second kappa shape index (κ2) is 9.01. The van der Waals surface area contributed by atoms with Gasteiger partial charge >= 0.3 is 0 Å². The number of aliphatic hydroxyl groups excluding tert-OH is 1. The van der Waals surface area contributed by atoms with E-state index in [1.807, 2.05) is 36.9 Å². The highest BCUT2D eigenvalue weighted by molar-refractivity contribution is 5.78. The van der Waals surface area contributed by atoms with Crippen molar-refractivity contribution in [1.82, 2.24) is 10.2 Å². The molecule has 0 spiro atoms. The van der Waals surface area contributed by atoms with Crippen LogP contribution in [0.1, 0.15) is 38.3 Å². The average Bonchev–Trinajstić information content (AvgIpc) is 2.54. The number of nitrogens with zero attached hydrogens (tertiary/aromatic N) is 1. The number of aliphatic hydroxyl groups is 1. The molecule has 0 bridgehead atoms. The molecule has 1 saturated heterocycles. The van der Waals surface area contributed by atoms with E-state index in [2.05, 4.69) is 17.4 Å². The maximum atomic E-state index is 12.5. The summed E-state index contributed by atoms with van der Waals surface area (Å²) >= 11 is 0. The maximum Gasteiger partial charge on any atom is 0.236 e. The van der Waals surface area contributed by atoms with Crippen LogP contribution in [0, 0.1) is 0 Å². The van der Waals surface area contributed by atoms with E-state index in [1.54, 1.807) is 0 Å². The van der Waals surface area contributed by atoms with Crippen molar-refractivity contribution in [2.75, 3.05) is 26.2 Å². The SMILES string of the molecule is CC1CN(C(=O)CNC(CCCO)c2ccccc2)CC(C)O1. The van der Waals surface area contributed by atoms with Crippen LogP contribution in [-0.4, -0.2) is 54.4 Å². The van der Waals surface area contributed by atoms with Gasteiger partial charge in [-0.15, -0.1) is 0 Å². The Morgan fingerprint density at radius 3 is 2.57 bits per heavy atom. The topological polar surface area (TPSA) is 61.8 Å². The number of morpholine rings is 1. The van der Waals surface area contributed by atoms with E-state index < -0.39 is 0 Å². The number of hydrogen-bond acceptors (Lipinski definition) is 4. The van der Waals surface area contributed by atoms with E-state index >= 15 is 0 Å². The first-order chi connectivity index (χ1) is 11.1. The molecule has 1 aliphatic rings. The molecule has 3 atom stereocenters. The lowest BCUT2D eigenvalue weighted by molar-refractivity contribution is -0.142. The Morgan fingerprint density at radius 2 is 1.96 bits per heavy atom. The Labute approximate surface area is 138 Å². The van der Waals surface area contributed by atoms with Crippen LogP contribution in [0.4, 0.5) is 0 Å². The van der Waals surface area contributed by atoms with Crippen molar-refractivity contribution in [2.45, 2.75) is 44.9 Å². The van der Waals surface area contributed by atoms with Crippen LogP contribution in [0.3, 0.4) is 0 Å². The zero-order chi connectivity index (χ0) is 16.7. The molecule has 5 nitrogen and oxygen atoms in total. The van der Waals surface area contributed by atoms with Gasteiger partial charge in [0.15, 0.2) is 0 Å². The molecule has 0 radical (unpaired) electrons. The summed E-state index contributed by atoms with van der Waals surface area (Å²) in [7, 11) is 0. The molecule has 0 aliphatic carbocycles. The smallest absolute Gasteiger partial charge is 0.236 e. The third-order valence-electron chi connectivity index (χ3n) is 4.12. The average molecular weight is 320 g/mol. The molecule has 2 N–H and O–H groups in total. The monoisotopic (exact) mass is 320 g/mol. The summed E-state index contributed by atoms with van der Waals surface area (Å²) in [6.07, 6.45) is 1.69. The van der Waals surface area contributed by atoms with Crippen molar-refractivity contribution >= 4 is 5.91 Å². The van der Waals surface area contributed by atoms with E-state index in [-0.39, 0.29) is 30.8 Å². The fourth-order valence-corrected chi connectivity index (χ4v) is 3.07. The van der Waals surface area contributed by atoms with E-state index in [0.717, 1.165) is 12.0 Å². The van der Waals surface area contributed by atoms with Crippen molar-refractivity contribution in [3.63, 3.8) is 0 Å². The third-order valence-corrected chi connectivity index (χ3v) is 4.12. The zero-order valence-corrected chi connectivity index (χ0v) is 14.1. The summed E-state index contributed by atoms with van der Waals surface area (Å²) in [5, 5.41) is 12.4. The Balaban J connectivity index is 1.91. The largest absolute Gasteiger partial charge is 0.396 e. The Morgan fingerprint density at radius 1 is 1.30 bits per heavy atom. The maximum absolute atomic E-state index is 12.5. The molecule has 1 aliphatic heterocycles. The zero-order valence-electron chi connectivity index (χ0n) is 14.1.